The van der Waals surface area contributed by atoms with Crippen LogP contribution in [0.4, 0.5) is 5.82 Å². The average Bonchev–Trinajstić information content (AvgIpc) is 2.39. The van der Waals surface area contributed by atoms with Crippen molar-refractivity contribution in [2.45, 2.75) is 25.9 Å². The zero-order valence-corrected chi connectivity index (χ0v) is 10.6. The third kappa shape index (κ3) is 2.59. The van der Waals surface area contributed by atoms with Gasteiger partial charge in [0.05, 0.1) is 24.6 Å². The predicted molar refractivity (Wildman–Crippen MR) is 65.9 cm³/mol. The molecule has 0 bridgehead atoms. The van der Waals surface area contributed by atoms with Crippen molar-refractivity contribution in [2.24, 2.45) is 0 Å². The van der Waals surface area contributed by atoms with Crippen LogP contribution in [0.1, 0.15) is 30.8 Å². The predicted octanol–water partition coefficient (Wildman–Crippen LogP) is 1.18. The summed E-state index contributed by atoms with van der Waals surface area (Å²) in [4.78, 5) is 20.8. The molecule has 0 aromatic carbocycles. The molecule has 2 rings (SSSR count). The fraction of sp³-hybridized carbons (Fsp3) is 0.583. The lowest BCUT2D eigenvalue weighted by atomic mass is 10.0. The molecule has 6 nitrogen and oxygen atoms in total. The molecule has 1 aliphatic heterocycles. The number of hydrogen-bond acceptors (Lipinski definition) is 5. The Balaban J connectivity index is 2.14. The molecule has 1 N–H and O–H groups in total. The molecule has 0 saturated carbocycles. The van der Waals surface area contributed by atoms with Gasteiger partial charge in [-0.15, -0.1) is 0 Å². The Morgan fingerprint density at radius 1 is 1.56 bits per heavy atom. The number of ether oxygens (including phenoxy) is 1. The molecule has 1 aromatic rings. The maximum absolute atomic E-state index is 10.7. The molecule has 1 fully saturated rings. The number of rotatable bonds is 3. The van der Waals surface area contributed by atoms with Crippen molar-refractivity contribution in [3.05, 3.63) is 18.1 Å². The smallest absolute Gasteiger partial charge is 0.356 e. The molecule has 1 aromatic heterocycles. The highest BCUT2D eigenvalue weighted by atomic mass is 16.5. The van der Waals surface area contributed by atoms with Gasteiger partial charge in [-0.1, -0.05) is 6.92 Å². The summed E-state index contributed by atoms with van der Waals surface area (Å²) in [6, 6.07) is 0. The van der Waals surface area contributed by atoms with Crippen LogP contribution in [0.15, 0.2) is 12.4 Å². The minimum absolute atomic E-state index is 0.0368. The molecule has 2 heterocycles. The minimum Gasteiger partial charge on any atom is -0.476 e. The number of morpholine rings is 1. The summed E-state index contributed by atoms with van der Waals surface area (Å²) < 4.78 is 5.74. The van der Waals surface area contributed by atoms with E-state index in [0.717, 1.165) is 19.5 Å². The fourth-order valence-corrected chi connectivity index (χ4v) is 1.94. The lowest BCUT2D eigenvalue weighted by Crippen LogP contribution is -2.50. The molecule has 0 spiro atoms. The van der Waals surface area contributed by atoms with Crippen LogP contribution < -0.4 is 4.90 Å². The van der Waals surface area contributed by atoms with E-state index in [9.17, 15) is 4.79 Å². The zero-order chi connectivity index (χ0) is 13.2. The van der Waals surface area contributed by atoms with Crippen LogP contribution in [-0.2, 0) is 4.74 Å². The zero-order valence-electron chi connectivity index (χ0n) is 10.6. The number of carboxylic acids is 1. The number of aromatic carboxylic acids is 1. The highest BCUT2D eigenvalue weighted by Crippen LogP contribution is 2.23. The summed E-state index contributed by atoms with van der Waals surface area (Å²) in [7, 11) is 0. The second-order valence-corrected chi connectivity index (χ2v) is 4.64. The highest BCUT2D eigenvalue weighted by Gasteiger charge is 2.31. The summed E-state index contributed by atoms with van der Waals surface area (Å²) in [6.07, 6.45) is 3.71. The highest BCUT2D eigenvalue weighted by molar-refractivity contribution is 5.84. The van der Waals surface area contributed by atoms with Crippen molar-refractivity contribution in [1.29, 1.82) is 0 Å². The van der Waals surface area contributed by atoms with Crippen molar-refractivity contribution in [2.75, 3.05) is 24.6 Å². The molecule has 6 heteroatoms. The van der Waals surface area contributed by atoms with E-state index in [2.05, 4.69) is 28.7 Å². The van der Waals surface area contributed by atoms with Crippen molar-refractivity contribution in [1.82, 2.24) is 9.97 Å². The average molecular weight is 251 g/mol. The van der Waals surface area contributed by atoms with Crippen molar-refractivity contribution < 1.29 is 14.6 Å². The van der Waals surface area contributed by atoms with Crippen LogP contribution in [0.3, 0.4) is 0 Å². The Labute approximate surface area is 106 Å². The third-order valence-corrected chi connectivity index (χ3v) is 3.27. The van der Waals surface area contributed by atoms with Crippen LogP contribution in [0, 0.1) is 0 Å². The van der Waals surface area contributed by atoms with Gasteiger partial charge in [0, 0.05) is 13.1 Å². The molecule has 0 aliphatic carbocycles. The van der Waals surface area contributed by atoms with E-state index in [1.165, 1.54) is 12.4 Å². The summed E-state index contributed by atoms with van der Waals surface area (Å²) in [5.41, 5.74) is -0.212. The lowest BCUT2D eigenvalue weighted by molar-refractivity contribution is -0.0443. The van der Waals surface area contributed by atoms with E-state index in [4.69, 9.17) is 9.84 Å². The van der Waals surface area contributed by atoms with Gasteiger partial charge < -0.3 is 14.7 Å². The standard InChI is InChI=1S/C12H17N3O3/c1-3-12(2)8-15(4-5-18-12)10-7-13-9(6-14-10)11(16)17/h6-7H,3-5,8H2,1-2H3,(H,16,17). The van der Waals surface area contributed by atoms with Gasteiger partial charge in [-0.05, 0) is 13.3 Å². The van der Waals surface area contributed by atoms with E-state index < -0.39 is 5.97 Å². The van der Waals surface area contributed by atoms with Gasteiger partial charge in [0.2, 0.25) is 0 Å². The molecule has 1 unspecified atom stereocenters. The monoisotopic (exact) mass is 251 g/mol. The van der Waals surface area contributed by atoms with Crippen LogP contribution in [0.5, 0.6) is 0 Å². The van der Waals surface area contributed by atoms with Crippen LogP contribution in [-0.4, -0.2) is 46.3 Å². The summed E-state index contributed by atoms with van der Waals surface area (Å²) in [5.74, 6) is -0.364. The van der Waals surface area contributed by atoms with E-state index >= 15 is 0 Å². The maximum Gasteiger partial charge on any atom is 0.356 e. The number of carbonyl (C=O) groups is 1. The largest absolute Gasteiger partial charge is 0.476 e. The van der Waals surface area contributed by atoms with E-state index in [0.29, 0.717) is 12.4 Å². The number of aromatic nitrogens is 2. The molecule has 0 radical (unpaired) electrons. The van der Waals surface area contributed by atoms with Crippen LogP contribution >= 0.6 is 0 Å². The third-order valence-electron chi connectivity index (χ3n) is 3.27. The second-order valence-electron chi connectivity index (χ2n) is 4.64. The van der Waals surface area contributed by atoms with Gasteiger partial charge in [0.25, 0.3) is 0 Å². The molecule has 0 amide bonds. The molecular formula is C12H17N3O3. The number of nitrogens with zero attached hydrogens (tertiary/aromatic N) is 3. The summed E-state index contributed by atoms with van der Waals surface area (Å²) in [6.45, 7) is 6.29. The van der Waals surface area contributed by atoms with Gasteiger partial charge in [0.15, 0.2) is 5.69 Å². The van der Waals surface area contributed by atoms with Crippen LogP contribution in [0.25, 0.3) is 0 Å². The van der Waals surface area contributed by atoms with Gasteiger partial charge >= 0.3 is 5.97 Å². The van der Waals surface area contributed by atoms with E-state index in [1.807, 2.05) is 0 Å². The molecule has 1 atom stereocenters. The van der Waals surface area contributed by atoms with Gasteiger partial charge in [-0.2, -0.15) is 0 Å². The van der Waals surface area contributed by atoms with E-state index in [-0.39, 0.29) is 11.3 Å². The Hall–Kier alpha value is -1.69. The molecule has 1 saturated heterocycles. The summed E-state index contributed by atoms with van der Waals surface area (Å²) >= 11 is 0. The SMILES string of the molecule is CCC1(C)CN(c2cnc(C(=O)O)cn2)CCO1. The molecule has 18 heavy (non-hydrogen) atoms. The molecule has 98 valence electrons. The minimum atomic E-state index is -1.06. The maximum atomic E-state index is 10.7. The van der Waals surface area contributed by atoms with Crippen molar-refractivity contribution >= 4 is 11.8 Å². The Kier molecular flexibility index (Phi) is 3.47. The first kappa shape index (κ1) is 12.8. The number of hydrogen-bond donors (Lipinski definition) is 1. The number of carboxylic acid groups (broad SMARTS) is 1. The van der Waals surface area contributed by atoms with Gasteiger partial charge in [-0.3, -0.25) is 0 Å². The first-order valence-electron chi connectivity index (χ1n) is 5.98. The van der Waals surface area contributed by atoms with Crippen LogP contribution in [0.2, 0.25) is 0 Å². The number of anilines is 1. The fourth-order valence-electron chi connectivity index (χ4n) is 1.94. The first-order chi connectivity index (χ1) is 8.54. The van der Waals surface area contributed by atoms with E-state index in [1.54, 1.807) is 0 Å². The van der Waals surface area contributed by atoms with Crippen molar-refractivity contribution in [3.63, 3.8) is 0 Å². The quantitative estimate of drug-likeness (QED) is 0.869. The van der Waals surface area contributed by atoms with Gasteiger partial charge in [-0.25, -0.2) is 14.8 Å². The van der Waals surface area contributed by atoms with Crippen molar-refractivity contribution in [3.8, 4) is 0 Å². The molecular weight excluding hydrogens is 234 g/mol. The summed E-state index contributed by atoms with van der Waals surface area (Å²) in [5, 5.41) is 8.77. The Bertz CT molecular complexity index is 435. The Morgan fingerprint density at radius 3 is 2.89 bits per heavy atom. The van der Waals surface area contributed by atoms with Gasteiger partial charge in [0.1, 0.15) is 5.82 Å². The first-order valence-corrected chi connectivity index (χ1v) is 5.98. The second kappa shape index (κ2) is 4.89. The molecule has 1 aliphatic rings. The Morgan fingerprint density at radius 2 is 2.33 bits per heavy atom. The normalized spacial score (nSPS) is 24.0. The topological polar surface area (TPSA) is 75.6 Å². The lowest BCUT2D eigenvalue weighted by Gasteiger charge is -2.40.